The minimum Gasteiger partial charge on any atom is -0.468 e. The molecule has 1 aromatic carbocycles. The van der Waals surface area contributed by atoms with Crippen LogP contribution in [0.4, 0.5) is 0 Å². The number of carbonyl (C=O) groups is 1. The predicted octanol–water partition coefficient (Wildman–Crippen LogP) is 3.41. The molecule has 1 amide bonds. The molecule has 5 heteroatoms. The van der Waals surface area contributed by atoms with E-state index in [4.69, 9.17) is 4.42 Å². The Bertz CT molecular complexity index is 829. The van der Waals surface area contributed by atoms with Gasteiger partial charge in [0, 0.05) is 38.8 Å². The Morgan fingerprint density at radius 3 is 2.53 bits per heavy atom. The van der Waals surface area contributed by atoms with E-state index >= 15 is 0 Å². The van der Waals surface area contributed by atoms with Crippen molar-refractivity contribution in [3.63, 3.8) is 0 Å². The molecule has 3 fully saturated rings. The number of hydrogen-bond donors (Lipinski definition) is 0. The Kier molecular flexibility index (Phi) is 5.66. The number of rotatable bonds is 6. The zero-order chi connectivity index (χ0) is 20.4. The van der Waals surface area contributed by atoms with E-state index in [0.29, 0.717) is 11.9 Å². The molecule has 0 radical (unpaired) electrons. The molecule has 5 rings (SSSR count). The van der Waals surface area contributed by atoms with Crippen molar-refractivity contribution < 1.29 is 9.21 Å². The third kappa shape index (κ3) is 4.06. The smallest absolute Gasteiger partial charge is 0.230 e. The monoisotopic (exact) mass is 407 g/mol. The maximum Gasteiger partial charge on any atom is 0.230 e. The highest BCUT2D eigenvalue weighted by molar-refractivity contribution is 5.85. The fourth-order valence-electron chi connectivity index (χ4n) is 5.68. The van der Waals surface area contributed by atoms with Gasteiger partial charge in [0.05, 0.1) is 18.2 Å². The SMILES string of the molecule is O=C1N(CCc2ccccc2)CCC12CCN(C1CCN(Cc3ccco3)CC1)C2. The van der Waals surface area contributed by atoms with Gasteiger partial charge in [-0.05, 0) is 56.3 Å². The number of nitrogens with zero attached hydrogens (tertiary/aromatic N) is 3. The Labute approximate surface area is 179 Å². The minimum atomic E-state index is -0.109. The van der Waals surface area contributed by atoms with Crippen LogP contribution in [0, 0.1) is 5.41 Å². The summed E-state index contributed by atoms with van der Waals surface area (Å²) in [6.07, 6.45) is 7.19. The van der Waals surface area contributed by atoms with E-state index in [2.05, 4.69) is 45.0 Å². The second kappa shape index (κ2) is 8.56. The van der Waals surface area contributed by atoms with E-state index in [9.17, 15) is 4.79 Å². The largest absolute Gasteiger partial charge is 0.468 e. The zero-order valence-electron chi connectivity index (χ0n) is 17.8. The van der Waals surface area contributed by atoms with E-state index < -0.39 is 0 Å². The van der Waals surface area contributed by atoms with Gasteiger partial charge >= 0.3 is 0 Å². The third-order valence-corrected chi connectivity index (χ3v) is 7.53. The van der Waals surface area contributed by atoms with E-state index in [1.807, 2.05) is 12.1 Å². The van der Waals surface area contributed by atoms with Gasteiger partial charge in [0.2, 0.25) is 5.91 Å². The first-order valence-corrected chi connectivity index (χ1v) is 11.5. The summed E-state index contributed by atoms with van der Waals surface area (Å²) in [5.41, 5.74) is 1.21. The molecular formula is C25H33N3O2. The van der Waals surface area contributed by atoms with Gasteiger partial charge in [0.1, 0.15) is 5.76 Å². The van der Waals surface area contributed by atoms with E-state index in [-0.39, 0.29) is 5.41 Å². The molecule has 0 saturated carbocycles. The highest BCUT2D eigenvalue weighted by Crippen LogP contribution is 2.42. The van der Waals surface area contributed by atoms with Crippen LogP contribution < -0.4 is 0 Å². The molecule has 1 aromatic heterocycles. The van der Waals surface area contributed by atoms with Crippen molar-refractivity contribution in [1.82, 2.24) is 14.7 Å². The van der Waals surface area contributed by atoms with Gasteiger partial charge in [-0.2, -0.15) is 0 Å². The quantitative estimate of drug-likeness (QED) is 0.736. The maximum atomic E-state index is 13.3. The molecule has 4 heterocycles. The van der Waals surface area contributed by atoms with Gasteiger partial charge in [-0.3, -0.25) is 14.6 Å². The van der Waals surface area contributed by atoms with E-state index in [0.717, 1.165) is 70.8 Å². The number of carbonyl (C=O) groups excluding carboxylic acids is 1. The molecule has 0 N–H and O–H groups in total. The van der Waals surface area contributed by atoms with E-state index in [1.54, 1.807) is 6.26 Å². The number of benzene rings is 1. The van der Waals surface area contributed by atoms with Gasteiger partial charge < -0.3 is 9.32 Å². The summed E-state index contributed by atoms with van der Waals surface area (Å²) >= 11 is 0. The molecule has 160 valence electrons. The van der Waals surface area contributed by atoms with Crippen molar-refractivity contribution in [2.45, 2.75) is 44.7 Å². The van der Waals surface area contributed by atoms with Crippen LogP contribution in [0.15, 0.2) is 53.1 Å². The lowest BCUT2D eigenvalue weighted by Crippen LogP contribution is -2.45. The summed E-state index contributed by atoms with van der Waals surface area (Å²) in [7, 11) is 0. The lowest BCUT2D eigenvalue weighted by atomic mass is 9.85. The Hall–Kier alpha value is -2.11. The number of amides is 1. The average molecular weight is 408 g/mol. The van der Waals surface area contributed by atoms with Crippen molar-refractivity contribution in [3.05, 3.63) is 60.1 Å². The second-order valence-electron chi connectivity index (χ2n) is 9.37. The average Bonchev–Trinajstić information content (AvgIpc) is 3.51. The van der Waals surface area contributed by atoms with Crippen molar-refractivity contribution >= 4 is 5.91 Å². The summed E-state index contributed by atoms with van der Waals surface area (Å²) in [5, 5.41) is 0. The number of likely N-dealkylation sites (tertiary alicyclic amines) is 3. The fourth-order valence-corrected chi connectivity index (χ4v) is 5.68. The first-order valence-electron chi connectivity index (χ1n) is 11.5. The Balaban J connectivity index is 1.12. The topological polar surface area (TPSA) is 39.9 Å². The predicted molar refractivity (Wildman–Crippen MR) is 117 cm³/mol. The normalized spacial score (nSPS) is 26.3. The molecule has 5 nitrogen and oxygen atoms in total. The summed E-state index contributed by atoms with van der Waals surface area (Å²) < 4.78 is 5.50. The van der Waals surface area contributed by atoms with Crippen LogP contribution >= 0.6 is 0 Å². The van der Waals surface area contributed by atoms with Gasteiger partial charge in [0.15, 0.2) is 0 Å². The molecule has 1 atom stereocenters. The Morgan fingerprint density at radius 1 is 0.967 bits per heavy atom. The molecule has 0 bridgehead atoms. The summed E-state index contributed by atoms with van der Waals surface area (Å²) in [4.78, 5) is 20.5. The van der Waals surface area contributed by atoms with Crippen LogP contribution in [0.25, 0.3) is 0 Å². The fraction of sp³-hybridized carbons (Fsp3) is 0.560. The van der Waals surface area contributed by atoms with Crippen molar-refractivity contribution in [2.75, 3.05) is 39.3 Å². The van der Waals surface area contributed by atoms with E-state index in [1.165, 1.54) is 18.4 Å². The summed E-state index contributed by atoms with van der Waals surface area (Å²) in [5.74, 6) is 1.47. The summed E-state index contributed by atoms with van der Waals surface area (Å²) in [6, 6.07) is 15.2. The number of furan rings is 1. The van der Waals surface area contributed by atoms with Crippen molar-refractivity contribution in [2.24, 2.45) is 5.41 Å². The van der Waals surface area contributed by atoms with Gasteiger partial charge in [-0.1, -0.05) is 30.3 Å². The molecule has 1 spiro atoms. The molecular weight excluding hydrogens is 374 g/mol. The number of hydrogen-bond acceptors (Lipinski definition) is 4. The first kappa shape index (κ1) is 19.8. The van der Waals surface area contributed by atoms with Gasteiger partial charge in [-0.25, -0.2) is 0 Å². The summed E-state index contributed by atoms with van der Waals surface area (Å²) in [6.45, 7) is 6.99. The molecule has 3 aliphatic rings. The van der Waals surface area contributed by atoms with Gasteiger partial charge in [0.25, 0.3) is 0 Å². The Morgan fingerprint density at radius 2 is 1.77 bits per heavy atom. The standard InChI is InChI=1S/C25H33N3O2/c29-24-25(11-16-27(24)15-8-21-5-2-1-3-6-21)12-17-28(20-25)22-9-13-26(14-10-22)19-23-7-4-18-30-23/h1-7,18,22H,8-17,19-20H2. The molecule has 3 aliphatic heterocycles. The van der Waals surface area contributed by atoms with Crippen molar-refractivity contribution in [1.29, 1.82) is 0 Å². The van der Waals surface area contributed by atoms with Crippen molar-refractivity contribution in [3.8, 4) is 0 Å². The minimum absolute atomic E-state index is 0.109. The number of piperidine rings is 1. The van der Waals surface area contributed by atoms with Crippen LogP contribution in [0.1, 0.15) is 37.0 Å². The van der Waals surface area contributed by atoms with Gasteiger partial charge in [-0.15, -0.1) is 0 Å². The molecule has 0 aliphatic carbocycles. The van der Waals surface area contributed by atoms with Crippen LogP contribution in [0.5, 0.6) is 0 Å². The maximum absolute atomic E-state index is 13.3. The highest BCUT2D eigenvalue weighted by Gasteiger charge is 2.51. The lowest BCUT2D eigenvalue weighted by molar-refractivity contribution is -0.135. The second-order valence-corrected chi connectivity index (χ2v) is 9.37. The van der Waals surface area contributed by atoms with Crippen LogP contribution in [0.2, 0.25) is 0 Å². The molecule has 2 aromatic rings. The van der Waals surface area contributed by atoms with Crippen LogP contribution in [-0.2, 0) is 17.8 Å². The zero-order valence-corrected chi connectivity index (χ0v) is 17.8. The molecule has 3 saturated heterocycles. The first-order chi connectivity index (χ1) is 14.7. The molecule has 1 unspecified atom stereocenters. The van der Waals surface area contributed by atoms with Crippen LogP contribution in [-0.4, -0.2) is 65.9 Å². The lowest BCUT2D eigenvalue weighted by Gasteiger charge is -2.37. The van der Waals surface area contributed by atoms with Crippen LogP contribution in [0.3, 0.4) is 0 Å². The molecule has 30 heavy (non-hydrogen) atoms. The highest BCUT2D eigenvalue weighted by atomic mass is 16.3. The third-order valence-electron chi connectivity index (χ3n) is 7.53.